The number of nitrogen functional groups attached to an aromatic ring is 1. The molecule has 0 saturated heterocycles. The number of carbonyl (C=O) groups is 4. The number of hydrogen-bond acceptors (Lipinski definition) is 9. The summed E-state index contributed by atoms with van der Waals surface area (Å²) in [6.45, 7) is 3.06. The van der Waals surface area contributed by atoms with Gasteiger partial charge in [-0.2, -0.15) is 4.37 Å². The number of phenols is 1. The average molecular weight is 546 g/mol. The Morgan fingerprint density at radius 1 is 1.19 bits per heavy atom. The van der Waals surface area contributed by atoms with Crippen LogP contribution in [0.15, 0.2) is 42.5 Å². The van der Waals surface area contributed by atoms with Crippen LogP contribution in [0.2, 0.25) is 5.02 Å². The monoisotopic (exact) mass is 545 g/mol. The van der Waals surface area contributed by atoms with Gasteiger partial charge in [-0.25, -0.2) is 0 Å². The SMILES string of the molecule is CCOC(=O)CNC(=O)C(c1ccc(O)cc1)N(C(=O)c1snc(C(N)=O)c1N)c1ccc(C)c(Cl)c1. The van der Waals surface area contributed by atoms with Gasteiger partial charge in [0.05, 0.1) is 12.3 Å². The molecule has 1 heterocycles. The maximum Gasteiger partial charge on any atom is 0.325 e. The maximum absolute atomic E-state index is 13.9. The van der Waals surface area contributed by atoms with Crippen molar-refractivity contribution in [1.29, 1.82) is 0 Å². The van der Waals surface area contributed by atoms with Crippen LogP contribution >= 0.6 is 23.1 Å². The molecule has 194 valence electrons. The van der Waals surface area contributed by atoms with Crippen molar-refractivity contribution in [2.24, 2.45) is 5.73 Å². The van der Waals surface area contributed by atoms with Gasteiger partial charge in [-0.15, -0.1) is 0 Å². The van der Waals surface area contributed by atoms with E-state index in [1.165, 1.54) is 30.3 Å². The third kappa shape index (κ3) is 6.16. The van der Waals surface area contributed by atoms with Crippen LogP contribution in [0, 0.1) is 6.92 Å². The Bertz CT molecular complexity index is 1340. The standard InChI is InChI=1S/C24H24ClN5O6S/c1-3-36-17(32)11-28-23(34)20(13-5-8-15(31)9-6-13)30(14-7-4-12(2)16(25)10-14)24(35)21-18(26)19(22(27)33)29-37-21/h4-10,20,31H,3,11,26H2,1-2H3,(H2,27,33)(H,28,34). The molecule has 0 radical (unpaired) electrons. The molecule has 1 unspecified atom stereocenters. The Morgan fingerprint density at radius 2 is 1.86 bits per heavy atom. The summed E-state index contributed by atoms with van der Waals surface area (Å²) >= 11 is 6.99. The fourth-order valence-electron chi connectivity index (χ4n) is 3.40. The molecule has 3 rings (SSSR count). The van der Waals surface area contributed by atoms with Crippen LogP contribution in [0.25, 0.3) is 0 Å². The largest absolute Gasteiger partial charge is 0.508 e. The number of ether oxygens (including phenoxy) is 1. The van der Waals surface area contributed by atoms with Gasteiger partial charge in [0.15, 0.2) is 5.69 Å². The predicted molar refractivity (Wildman–Crippen MR) is 139 cm³/mol. The highest BCUT2D eigenvalue weighted by molar-refractivity contribution is 7.09. The van der Waals surface area contributed by atoms with Crippen molar-refractivity contribution in [3.05, 3.63) is 69.2 Å². The molecule has 0 spiro atoms. The smallest absolute Gasteiger partial charge is 0.325 e. The lowest BCUT2D eigenvalue weighted by molar-refractivity contribution is -0.143. The van der Waals surface area contributed by atoms with E-state index >= 15 is 0 Å². The molecule has 0 fully saturated rings. The van der Waals surface area contributed by atoms with Gasteiger partial charge in [0.2, 0.25) is 5.91 Å². The van der Waals surface area contributed by atoms with Crippen LogP contribution in [-0.2, 0) is 14.3 Å². The number of nitrogens with zero attached hydrogens (tertiary/aromatic N) is 2. The van der Waals surface area contributed by atoms with Gasteiger partial charge >= 0.3 is 5.97 Å². The van der Waals surface area contributed by atoms with Gasteiger partial charge in [0, 0.05) is 10.7 Å². The van der Waals surface area contributed by atoms with Gasteiger partial charge < -0.3 is 26.6 Å². The second-order valence-electron chi connectivity index (χ2n) is 7.76. The second-order valence-corrected chi connectivity index (χ2v) is 8.94. The molecule has 1 aromatic heterocycles. The van der Waals surface area contributed by atoms with Crippen molar-refractivity contribution in [2.45, 2.75) is 19.9 Å². The maximum atomic E-state index is 13.9. The fourth-order valence-corrected chi connectivity index (χ4v) is 4.31. The van der Waals surface area contributed by atoms with E-state index in [1.54, 1.807) is 26.0 Å². The number of benzene rings is 2. The molecule has 2 aromatic carbocycles. The van der Waals surface area contributed by atoms with Crippen molar-refractivity contribution in [1.82, 2.24) is 9.69 Å². The number of rotatable bonds is 9. The van der Waals surface area contributed by atoms with Crippen molar-refractivity contribution in [3.8, 4) is 5.75 Å². The molecule has 0 aliphatic carbocycles. The number of hydrogen-bond donors (Lipinski definition) is 4. The molecule has 11 nitrogen and oxygen atoms in total. The average Bonchev–Trinajstić information content (AvgIpc) is 3.25. The Kier molecular flexibility index (Phi) is 8.69. The second kappa shape index (κ2) is 11.7. The number of phenolic OH excluding ortho intramolecular Hbond substituents is 1. The Hall–Kier alpha value is -4.16. The zero-order chi connectivity index (χ0) is 27.3. The van der Waals surface area contributed by atoms with Gasteiger partial charge in [-0.3, -0.25) is 24.1 Å². The van der Waals surface area contributed by atoms with E-state index in [4.69, 9.17) is 27.8 Å². The minimum absolute atomic E-state index is 0.0662. The number of nitrogens with one attached hydrogen (secondary N) is 1. The van der Waals surface area contributed by atoms with Gasteiger partial charge in [0.25, 0.3) is 11.8 Å². The number of aromatic hydroxyl groups is 1. The van der Waals surface area contributed by atoms with Crippen LogP contribution in [0.3, 0.4) is 0 Å². The Morgan fingerprint density at radius 3 is 2.43 bits per heavy atom. The summed E-state index contributed by atoms with van der Waals surface area (Å²) in [5.74, 6) is -3.16. The van der Waals surface area contributed by atoms with Gasteiger partial charge in [-0.05, 0) is 60.8 Å². The summed E-state index contributed by atoms with van der Waals surface area (Å²) in [6, 6.07) is 8.96. The quantitative estimate of drug-likeness (QED) is 0.296. The number of aromatic nitrogens is 1. The molecule has 0 bridgehead atoms. The number of primary amides is 1. The van der Waals surface area contributed by atoms with Crippen molar-refractivity contribution >= 4 is 58.2 Å². The minimum atomic E-state index is -1.36. The zero-order valence-corrected chi connectivity index (χ0v) is 21.4. The summed E-state index contributed by atoms with van der Waals surface area (Å²) in [6.07, 6.45) is 0. The lowest BCUT2D eigenvalue weighted by atomic mass is 10.0. The number of amides is 3. The minimum Gasteiger partial charge on any atom is -0.508 e. The molecule has 1 atom stereocenters. The number of esters is 1. The first-order valence-electron chi connectivity index (χ1n) is 10.9. The summed E-state index contributed by atoms with van der Waals surface area (Å²) in [4.78, 5) is 52.0. The van der Waals surface area contributed by atoms with Crippen LogP contribution in [-0.4, -0.2) is 46.3 Å². The molecular weight excluding hydrogens is 522 g/mol. The molecule has 37 heavy (non-hydrogen) atoms. The molecule has 3 amide bonds. The lowest BCUT2D eigenvalue weighted by Crippen LogP contribution is -2.45. The van der Waals surface area contributed by atoms with E-state index in [1.807, 2.05) is 0 Å². The number of nitrogens with two attached hydrogens (primary N) is 2. The van der Waals surface area contributed by atoms with E-state index in [-0.39, 0.29) is 34.3 Å². The van der Waals surface area contributed by atoms with Crippen LogP contribution in [0.4, 0.5) is 11.4 Å². The summed E-state index contributed by atoms with van der Waals surface area (Å²) in [7, 11) is 0. The van der Waals surface area contributed by atoms with Crippen molar-refractivity contribution in [3.63, 3.8) is 0 Å². The summed E-state index contributed by atoms with van der Waals surface area (Å²) in [5.41, 5.74) is 12.1. The summed E-state index contributed by atoms with van der Waals surface area (Å²) in [5, 5.41) is 12.6. The fraction of sp³-hybridized carbons (Fsp3) is 0.208. The molecule has 0 saturated carbocycles. The number of halogens is 1. The van der Waals surface area contributed by atoms with E-state index in [0.717, 1.165) is 10.5 Å². The third-order valence-electron chi connectivity index (χ3n) is 5.24. The van der Waals surface area contributed by atoms with Crippen LogP contribution < -0.4 is 21.7 Å². The van der Waals surface area contributed by atoms with E-state index in [9.17, 15) is 24.3 Å². The number of carbonyl (C=O) groups excluding carboxylic acids is 4. The van der Waals surface area contributed by atoms with Crippen molar-refractivity contribution < 1.29 is 29.0 Å². The Labute approximate surface area is 221 Å². The Balaban J connectivity index is 2.18. The molecule has 0 aliphatic heterocycles. The molecule has 0 aliphatic rings. The molecule has 6 N–H and O–H groups in total. The topological polar surface area (TPSA) is 178 Å². The summed E-state index contributed by atoms with van der Waals surface area (Å²) < 4.78 is 8.76. The zero-order valence-electron chi connectivity index (χ0n) is 19.9. The van der Waals surface area contributed by atoms with Gasteiger partial charge in [0.1, 0.15) is 23.2 Å². The number of anilines is 2. The van der Waals surface area contributed by atoms with Crippen LogP contribution in [0.5, 0.6) is 5.75 Å². The first-order chi connectivity index (χ1) is 17.5. The highest BCUT2D eigenvalue weighted by atomic mass is 35.5. The highest BCUT2D eigenvalue weighted by Gasteiger charge is 2.36. The normalized spacial score (nSPS) is 11.4. The first-order valence-corrected chi connectivity index (χ1v) is 12.1. The van der Waals surface area contributed by atoms with Crippen molar-refractivity contribution in [2.75, 3.05) is 23.8 Å². The molecular formula is C24H24ClN5O6S. The third-order valence-corrected chi connectivity index (χ3v) is 6.49. The lowest BCUT2D eigenvalue weighted by Gasteiger charge is -2.31. The predicted octanol–water partition coefficient (Wildman–Crippen LogP) is 2.56. The van der Waals surface area contributed by atoms with E-state index in [0.29, 0.717) is 22.1 Å². The number of aryl methyl sites for hydroxylation is 1. The highest BCUT2D eigenvalue weighted by Crippen LogP contribution is 2.35. The molecule has 3 aromatic rings. The van der Waals surface area contributed by atoms with E-state index in [2.05, 4.69) is 9.69 Å². The van der Waals surface area contributed by atoms with E-state index < -0.39 is 36.3 Å². The van der Waals surface area contributed by atoms with Gasteiger partial charge in [-0.1, -0.05) is 29.8 Å². The van der Waals surface area contributed by atoms with Crippen LogP contribution in [0.1, 0.15) is 44.3 Å². The first kappa shape index (κ1) is 27.4. The molecule has 13 heteroatoms.